The van der Waals surface area contributed by atoms with Crippen LogP contribution in [0.15, 0.2) is 127 Å². The lowest BCUT2D eigenvalue weighted by Crippen LogP contribution is -2.73. The van der Waals surface area contributed by atoms with Gasteiger partial charge >= 0.3 is 5.97 Å². The molecule has 1 unspecified atom stereocenters. The van der Waals surface area contributed by atoms with Gasteiger partial charge in [-0.15, -0.1) is 0 Å². The molecule has 8 nitrogen and oxygen atoms in total. The number of hydrogen-bond donors (Lipinski definition) is 1. The summed E-state index contributed by atoms with van der Waals surface area (Å²) in [5.41, 5.74) is 3.74. The summed E-state index contributed by atoms with van der Waals surface area (Å²) in [5, 5.41) is 2.53. The summed E-state index contributed by atoms with van der Waals surface area (Å²) in [6, 6.07) is 34.2. The number of hydrogen-bond acceptors (Lipinski definition) is 6. The van der Waals surface area contributed by atoms with Gasteiger partial charge in [-0.05, 0) is 34.4 Å². The van der Waals surface area contributed by atoms with Gasteiger partial charge in [0.2, 0.25) is 5.91 Å². The summed E-state index contributed by atoms with van der Waals surface area (Å²) in [7, 11) is -1.62. The van der Waals surface area contributed by atoms with E-state index in [0.29, 0.717) is 16.7 Å². The zero-order valence-electron chi connectivity index (χ0n) is 24.7. The van der Waals surface area contributed by atoms with Crippen molar-refractivity contribution < 1.29 is 28.1 Å². The lowest BCUT2D eigenvalue weighted by Gasteiger charge is -2.49. The minimum atomic E-state index is -1.62. The second-order valence-corrected chi connectivity index (χ2v) is 13.1. The molecule has 0 saturated carbocycles. The molecule has 1 saturated heterocycles. The largest absolute Gasteiger partial charge is 0.489 e. The molecule has 1 N–H and O–H groups in total. The number of nitrogens with one attached hydrogen (secondary N) is 1. The quantitative estimate of drug-likeness (QED) is 0.131. The molecule has 2 aliphatic heterocycles. The smallest absolute Gasteiger partial charge is 0.356 e. The molecule has 4 aromatic carbocycles. The van der Waals surface area contributed by atoms with E-state index >= 15 is 0 Å². The number of esters is 1. The van der Waals surface area contributed by atoms with Crippen molar-refractivity contribution >= 4 is 44.5 Å². The molecule has 2 aliphatic rings. The summed E-state index contributed by atoms with van der Waals surface area (Å²) < 4.78 is 25.8. The maximum atomic E-state index is 14.2. The molecule has 1 fully saturated rings. The number of rotatable bonds is 11. The highest BCUT2D eigenvalue weighted by molar-refractivity contribution is 9.08. The average Bonchev–Trinajstić information content (AvgIpc) is 3.09. The molecule has 0 aromatic heterocycles. The minimum Gasteiger partial charge on any atom is -0.489 e. The molecule has 0 bridgehead atoms. The Morgan fingerprint density at radius 3 is 2.02 bits per heavy atom. The Balaban J connectivity index is 1.29. The molecule has 6 rings (SSSR count). The van der Waals surface area contributed by atoms with Gasteiger partial charge in [0, 0.05) is 10.9 Å². The molecule has 4 aromatic rings. The Hall–Kier alpha value is -4.54. The third kappa shape index (κ3) is 6.83. The molecule has 46 heavy (non-hydrogen) atoms. The van der Waals surface area contributed by atoms with Crippen molar-refractivity contribution in [3.05, 3.63) is 149 Å². The molecule has 2 heterocycles. The summed E-state index contributed by atoms with van der Waals surface area (Å²) in [5.74, 6) is -1.10. The zero-order chi connectivity index (χ0) is 32.0. The van der Waals surface area contributed by atoms with Crippen molar-refractivity contribution in [3.63, 3.8) is 0 Å². The first-order chi connectivity index (χ1) is 22.4. The van der Waals surface area contributed by atoms with Crippen molar-refractivity contribution in [2.24, 2.45) is 0 Å². The second kappa shape index (κ2) is 14.3. The highest BCUT2D eigenvalue weighted by atomic mass is 79.9. The summed E-state index contributed by atoms with van der Waals surface area (Å²) >= 11 is 3.43. The van der Waals surface area contributed by atoms with E-state index in [1.807, 2.05) is 115 Å². The maximum Gasteiger partial charge on any atom is 0.356 e. The molecule has 234 valence electrons. The van der Waals surface area contributed by atoms with Crippen LogP contribution in [0.1, 0.15) is 28.4 Å². The lowest BCUT2D eigenvalue weighted by atomic mass is 10.0. The molecule has 10 heteroatoms. The number of fused-ring (bicyclic) bond motifs is 1. The van der Waals surface area contributed by atoms with Gasteiger partial charge in [-0.1, -0.05) is 119 Å². The number of β-lactam (4-membered cyclic amide) rings is 1. The summed E-state index contributed by atoms with van der Waals surface area (Å²) in [6.07, 6.45) is -0.692. The first-order valence-corrected chi connectivity index (χ1v) is 17.3. The third-order valence-electron chi connectivity index (χ3n) is 7.84. The van der Waals surface area contributed by atoms with Gasteiger partial charge < -0.3 is 14.8 Å². The van der Waals surface area contributed by atoms with Crippen LogP contribution in [0.4, 0.5) is 0 Å². The van der Waals surface area contributed by atoms with Crippen LogP contribution >= 0.6 is 15.9 Å². The van der Waals surface area contributed by atoms with E-state index in [-0.39, 0.29) is 30.4 Å². The fraction of sp³-hybridized carbons (Fsp3) is 0.194. The van der Waals surface area contributed by atoms with Crippen molar-refractivity contribution in [3.8, 4) is 5.75 Å². The van der Waals surface area contributed by atoms with E-state index in [9.17, 15) is 18.6 Å². The van der Waals surface area contributed by atoms with E-state index in [1.54, 1.807) is 0 Å². The fourth-order valence-corrected chi connectivity index (χ4v) is 7.59. The van der Waals surface area contributed by atoms with Crippen LogP contribution in [-0.4, -0.2) is 50.7 Å². The van der Waals surface area contributed by atoms with Gasteiger partial charge in [-0.3, -0.25) is 18.7 Å². The normalized spacial score (nSPS) is 18.9. The van der Waals surface area contributed by atoms with Crippen molar-refractivity contribution in [1.82, 2.24) is 10.2 Å². The SMILES string of the molecule is O=C(Cc1ccccc1)N[C@@H]1C(=O)N2C(C(=O)OC(c3ccccc3)c3ccccc3)=C(COc3ccc(CBr)cc3)CS(=O)[C@H]12. The Kier molecular flexibility index (Phi) is 9.75. The van der Waals surface area contributed by atoms with E-state index in [2.05, 4.69) is 21.2 Å². The average molecular weight is 700 g/mol. The molecule has 0 spiro atoms. The standard InChI is InChI=1S/C36H31BrN2O6S/c37-21-25-16-18-29(19-17-25)44-22-28-23-46(43)35-31(38-30(40)20-24-10-4-1-5-11-24)34(41)39(35)32(28)36(42)45-33(26-12-6-2-7-13-26)27-14-8-3-9-15-27/h1-19,31,33,35H,20-23H2,(H,38,40)/t31-,35-,46?/m1/s1. The first-order valence-electron chi connectivity index (χ1n) is 14.8. The second-order valence-electron chi connectivity index (χ2n) is 11.0. The van der Waals surface area contributed by atoms with Crippen LogP contribution in [0.3, 0.4) is 0 Å². The molecular formula is C36H31BrN2O6S. The Labute approximate surface area is 278 Å². The van der Waals surface area contributed by atoms with E-state index in [4.69, 9.17) is 9.47 Å². The lowest BCUT2D eigenvalue weighted by molar-refractivity contribution is -0.155. The van der Waals surface area contributed by atoms with Crippen LogP contribution in [0, 0.1) is 0 Å². The summed E-state index contributed by atoms with van der Waals surface area (Å²) in [4.78, 5) is 41.9. The van der Waals surface area contributed by atoms with Gasteiger partial charge in [0.1, 0.15) is 29.5 Å². The van der Waals surface area contributed by atoms with Gasteiger partial charge in [0.15, 0.2) is 6.10 Å². The van der Waals surface area contributed by atoms with Crippen molar-refractivity contribution in [2.45, 2.75) is 29.3 Å². The minimum absolute atomic E-state index is 0.00269. The molecule has 0 aliphatic carbocycles. The first kappa shape index (κ1) is 31.4. The Morgan fingerprint density at radius 2 is 1.43 bits per heavy atom. The van der Waals surface area contributed by atoms with Crippen LogP contribution in [0.25, 0.3) is 0 Å². The van der Waals surface area contributed by atoms with E-state index in [0.717, 1.165) is 22.3 Å². The molecule has 0 radical (unpaired) electrons. The van der Waals surface area contributed by atoms with Gasteiger partial charge in [-0.2, -0.15) is 0 Å². The monoisotopic (exact) mass is 698 g/mol. The predicted molar refractivity (Wildman–Crippen MR) is 178 cm³/mol. The molecule has 2 amide bonds. The van der Waals surface area contributed by atoms with Gasteiger partial charge in [-0.25, -0.2) is 4.79 Å². The van der Waals surface area contributed by atoms with Crippen molar-refractivity contribution in [1.29, 1.82) is 0 Å². The van der Waals surface area contributed by atoms with Crippen LogP contribution in [0.2, 0.25) is 0 Å². The number of ether oxygens (including phenoxy) is 2. The topological polar surface area (TPSA) is 102 Å². The number of carbonyl (C=O) groups is 3. The third-order valence-corrected chi connectivity index (χ3v) is 10.1. The fourth-order valence-electron chi connectivity index (χ4n) is 5.55. The van der Waals surface area contributed by atoms with Crippen LogP contribution in [-0.2, 0) is 41.7 Å². The summed E-state index contributed by atoms with van der Waals surface area (Å²) in [6.45, 7) is -0.0767. The van der Waals surface area contributed by atoms with Crippen LogP contribution < -0.4 is 10.1 Å². The van der Waals surface area contributed by atoms with Crippen LogP contribution in [0.5, 0.6) is 5.75 Å². The Bertz CT molecular complexity index is 1730. The number of alkyl halides is 1. The van der Waals surface area contributed by atoms with Crippen molar-refractivity contribution in [2.75, 3.05) is 12.4 Å². The number of nitrogens with zero attached hydrogens (tertiary/aromatic N) is 1. The molecular weight excluding hydrogens is 668 g/mol. The Morgan fingerprint density at radius 1 is 0.848 bits per heavy atom. The number of benzene rings is 4. The number of amides is 2. The number of halogens is 1. The van der Waals surface area contributed by atoms with E-state index in [1.165, 1.54) is 4.90 Å². The maximum absolute atomic E-state index is 14.2. The highest BCUT2D eigenvalue weighted by Crippen LogP contribution is 2.37. The predicted octanol–water partition coefficient (Wildman–Crippen LogP) is 5.21. The highest BCUT2D eigenvalue weighted by Gasteiger charge is 2.57. The molecule has 3 atom stereocenters. The zero-order valence-corrected chi connectivity index (χ0v) is 27.1. The van der Waals surface area contributed by atoms with E-state index < -0.39 is 40.2 Å². The van der Waals surface area contributed by atoms with Gasteiger partial charge in [0.25, 0.3) is 5.91 Å². The van der Waals surface area contributed by atoms with Gasteiger partial charge in [0.05, 0.1) is 23.0 Å². The number of carbonyl (C=O) groups excluding carboxylic acids is 3.